The van der Waals surface area contributed by atoms with Gasteiger partial charge in [-0.15, -0.1) is 0 Å². The van der Waals surface area contributed by atoms with Gasteiger partial charge in [-0.05, 0) is 46.2 Å². The van der Waals surface area contributed by atoms with Crippen LogP contribution in [-0.2, 0) is 14.3 Å². The summed E-state index contributed by atoms with van der Waals surface area (Å²) in [6, 6.07) is 0.772. The molecule has 0 radical (unpaired) electrons. The first-order valence-corrected chi connectivity index (χ1v) is 8.21. The zero-order valence-corrected chi connectivity index (χ0v) is 14.3. The van der Waals surface area contributed by atoms with Crippen molar-refractivity contribution in [1.82, 2.24) is 10.2 Å². The molecule has 0 amide bonds. The lowest BCUT2D eigenvalue weighted by atomic mass is 9.97. The Morgan fingerprint density at radius 3 is 2.67 bits per heavy atom. The van der Waals surface area contributed by atoms with E-state index < -0.39 is 5.54 Å². The van der Waals surface area contributed by atoms with Gasteiger partial charge in [-0.2, -0.15) is 0 Å². The van der Waals surface area contributed by atoms with E-state index in [1.807, 2.05) is 13.8 Å². The van der Waals surface area contributed by atoms with E-state index in [1.54, 1.807) is 7.11 Å². The van der Waals surface area contributed by atoms with Gasteiger partial charge in [0.25, 0.3) is 0 Å². The van der Waals surface area contributed by atoms with Crippen LogP contribution in [0.5, 0.6) is 0 Å². The molecule has 0 aromatic carbocycles. The summed E-state index contributed by atoms with van der Waals surface area (Å²) in [4.78, 5) is 14.8. The summed E-state index contributed by atoms with van der Waals surface area (Å²) in [5.74, 6) is -0.0928. The minimum atomic E-state index is -0.504. The Morgan fingerprint density at radius 2 is 2.14 bits per heavy atom. The van der Waals surface area contributed by atoms with E-state index in [0.717, 1.165) is 39.0 Å². The van der Waals surface area contributed by atoms with Crippen LogP contribution in [0, 0.1) is 0 Å². The Bertz CT molecular complexity index is 325. The van der Waals surface area contributed by atoms with Crippen molar-refractivity contribution >= 4 is 5.97 Å². The lowest BCUT2D eigenvalue weighted by molar-refractivity contribution is -0.151. The molecule has 1 rings (SSSR count). The molecule has 0 heterocycles. The first-order valence-electron chi connectivity index (χ1n) is 8.21. The summed E-state index contributed by atoms with van der Waals surface area (Å²) in [6.07, 6.45) is 2.69. The number of rotatable bonds is 9. The Labute approximate surface area is 129 Å². The average Bonchev–Trinajstić information content (AvgIpc) is 2.86. The van der Waals surface area contributed by atoms with E-state index in [1.165, 1.54) is 0 Å². The Hall–Kier alpha value is -0.650. The molecule has 1 N–H and O–H groups in total. The molecule has 3 unspecified atom stereocenters. The zero-order valence-electron chi connectivity index (χ0n) is 14.3. The number of methoxy groups -OCH3 is 1. The monoisotopic (exact) mass is 300 g/mol. The first-order chi connectivity index (χ1) is 10.0. The molecule has 0 spiro atoms. The highest BCUT2D eigenvalue weighted by atomic mass is 16.5. The Balaban J connectivity index is 2.79. The summed E-state index contributed by atoms with van der Waals surface area (Å²) in [6.45, 7) is 11.2. The van der Waals surface area contributed by atoms with E-state index in [0.29, 0.717) is 18.7 Å². The number of likely N-dealkylation sites (N-methyl/N-ethyl adjacent to an activating group) is 2. The zero-order chi connectivity index (χ0) is 15.9. The highest BCUT2D eigenvalue weighted by molar-refractivity contribution is 5.81. The van der Waals surface area contributed by atoms with Crippen LogP contribution in [0.1, 0.15) is 47.0 Å². The molecule has 0 aromatic rings. The Kier molecular flexibility index (Phi) is 7.63. The number of carbonyl (C=O) groups excluding carboxylic acids is 1. The average molecular weight is 300 g/mol. The number of ether oxygens (including phenoxy) is 2. The highest BCUT2D eigenvalue weighted by Crippen LogP contribution is 2.35. The molecule has 1 fully saturated rings. The van der Waals surface area contributed by atoms with Crippen molar-refractivity contribution < 1.29 is 14.3 Å². The molecule has 124 valence electrons. The minimum Gasteiger partial charge on any atom is -0.465 e. The molecule has 5 nitrogen and oxygen atoms in total. The molecular formula is C16H32N2O3. The van der Waals surface area contributed by atoms with Crippen molar-refractivity contribution in [2.75, 3.05) is 33.4 Å². The quantitative estimate of drug-likeness (QED) is 0.658. The van der Waals surface area contributed by atoms with Gasteiger partial charge in [0.05, 0.1) is 13.2 Å². The summed E-state index contributed by atoms with van der Waals surface area (Å²) >= 11 is 0. The third-order valence-electron chi connectivity index (χ3n) is 4.48. The first kappa shape index (κ1) is 18.4. The lowest BCUT2D eigenvalue weighted by Crippen LogP contribution is -2.53. The molecule has 0 bridgehead atoms. The van der Waals surface area contributed by atoms with Crippen molar-refractivity contribution in [3.8, 4) is 0 Å². The van der Waals surface area contributed by atoms with Crippen LogP contribution in [0.3, 0.4) is 0 Å². The number of esters is 1. The summed E-state index contributed by atoms with van der Waals surface area (Å²) in [7, 11) is 1.74. The summed E-state index contributed by atoms with van der Waals surface area (Å²) in [5.41, 5.74) is -0.504. The van der Waals surface area contributed by atoms with Gasteiger partial charge in [0, 0.05) is 19.2 Å². The van der Waals surface area contributed by atoms with Crippen LogP contribution < -0.4 is 5.32 Å². The van der Waals surface area contributed by atoms with Gasteiger partial charge in [-0.25, -0.2) is 0 Å². The molecular weight excluding hydrogens is 268 g/mol. The van der Waals surface area contributed by atoms with E-state index in [-0.39, 0.29) is 5.97 Å². The second-order valence-corrected chi connectivity index (χ2v) is 5.86. The molecule has 21 heavy (non-hydrogen) atoms. The predicted octanol–water partition coefficient (Wildman–Crippen LogP) is 1.81. The third kappa shape index (κ3) is 4.41. The molecule has 1 aliphatic carbocycles. The highest BCUT2D eigenvalue weighted by Gasteiger charge is 2.47. The second kappa shape index (κ2) is 8.71. The van der Waals surface area contributed by atoms with Gasteiger partial charge in [0.15, 0.2) is 0 Å². The lowest BCUT2D eigenvalue weighted by Gasteiger charge is -2.35. The van der Waals surface area contributed by atoms with Crippen LogP contribution >= 0.6 is 0 Å². The molecule has 1 aliphatic rings. The summed E-state index contributed by atoms with van der Waals surface area (Å²) < 4.78 is 10.6. The number of hydrogen-bond donors (Lipinski definition) is 1. The van der Waals surface area contributed by atoms with Crippen LogP contribution in [0.25, 0.3) is 0 Å². The maximum absolute atomic E-state index is 12.4. The molecule has 0 aromatic heterocycles. The van der Waals surface area contributed by atoms with Gasteiger partial charge in [-0.1, -0.05) is 13.8 Å². The molecule has 0 saturated heterocycles. The van der Waals surface area contributed by atoms with Gasteiger partial charge in [-0.3, -0.25) is 9.69 Å². The molecule has 5 heteroatoms. The van der Waals surface area contributed by atoms with Crippen LogP contribution in [0.4, 0.5) is 0 Å². The summed E-state index contributed by atoms with van der Waals surface area (Å²) in [5, 5.41) is 3.39. The SMILES string of the molecule is CCNC1(C(=O)OCC)CCC(N(CC)C(C)COC)C1. The topological polar surface area (TPSA) is 50.8 Å². The smallest absolute Gasteiger partial charge is 0.326 e. The molecule has 1 saturated carbocycles. The predicted molar refractivity (Wildman–Crippen MR) is 84.4 cm³/mol. The standard InChI is InChI=1S/C16H32N2O3/c1-6-17-16(15(19)21-8-3)10-9-14(11-16)18(7-2)13(4)12-20-5/h13-14,17H,6-12H2,1-5H3. The van der Waals surface area contributed by atoms with Gasteiger partial charge >= 0.3 is 5.97 Å². The molecule has 3 atom stereocenters. The second-order valence-electron chi connectivity index (χ2n) is 5.86. The van der Waals surface area contributed by atoms with Gasteiger partial charge in [0.1, 0.15) is 5.54 Å². The Morgan fingerprint density at radius 1 is 1.43 bits per heavy atom. The van der Waals surface area contributed by atoms with Crippen molar-refractivity contribution in [2.24, 2.45) is 0 Å². The fourth-order valence-corrected chi connectivity index (χ4v) is 3.59. The fourth-order valence-electron chi connectivity index (χ4n) is 3.59. The van der Waals surface area contributed by atoms with Crippen LogP contribution in [0.2, 0.25) is 0 Å². The van der Waals surface area contributed by atoms with Crippen molar-refractivity contribution in [2.45, 2.75) is 64.6 Å². The van der Waals surface area contributed by atoms with Crippen LogP contribution in [-0.4, -0.2) is 61.9 Å². The van der Waals surface area contributed by atoms with Gasteiger partial charge < -0.3 is 14.8 Å². The van der Waals surface area contributed by atoms with E-state index in [4.69, 9.17) is 9.47 Å². The van der Waals surface area contributed by atoms with Crippen molar-refractivity contribution in [3.63, 3.8) is 0 Å². The maximum atomic E-state index is 12.4. The maximum Gasteiger partial charge on any atom is 0.326 e. The van der Waals surface area contributed by atoms with Crippen molar-refractivity contribution in [1.29, 1.82) is 0 Å². The largest absolute Gasteiger partial charge is 0.465 e. The number of hydrogen-bond acceptors (Lipinski definition) is 5. The third-order valence-corrected chi connectivity index (χ3v) is 4.48. The fraction of sp³-hybridized carbons (Fsp3) is 0.938. The normalized spacial score (nSPS) is 27.0. The van der Waals surface area contributed by atoms with E-state index in [2.05, 4.69) is 24.1 Å². The number of carbonyl (C=O) groups is 1. The van der Waals surface area contributed by atoms with E-state index >= 15 is 0 Å². The number of nitrogens with zero attached hydrogens (tertiary/aromatic N) is 1. The minimum absolute atomic E-state index is 0.0928. The van der Waals surface area contributed by atoms with Gasteiger partial charge in [0.2, 0.25) is 0 Å². The van der Waals surface area contributed by atoms with Crippen molar-refractivity contribution in [3.05, 3.63) is 0 Å². The number of nitrogens with one attached hydrogen (secondary N) is 1. The van der Waals surface area contributed by atoms with E-state index in [9.17, 15) is 4.79 Å². The molecule has 0 aliphatic heterocycles. The van der Waals surface area contributed by atoms with Crippen LogP contribution in [0.15, 0.2) is 0 Å².